The van der Waals surface area contributed by atoms with E-state index in [1.54, 1.807) is 13.8 Å². The first-order valence-electron chi connectivity index (χ1n) is 9.07. The number of aromatic nitrogens is 2. The molecule has 4 unspecified atom stereocenters. The lowest BCUT2D eigenvalue weighted by atomic mass is 10.2. The minimum atomic E-state index is -4.00. The quantitative estimate of drug-likeness (QED) is 0.371. The average Bonchev–Trinajstić information content (AvgIpc) is 2.97. The summed E-state index contributed by atoms with van der Waals surface area (Å²) < 4.78 is 40.1. The largest absolute Gasteiger partial charge is 0.374 e. The number of rotatable bonds is 10. The SMILES string of the molecule is COC1C(OP(O)(=S)OC(C)C)[C@@H](N(C)CP(=O)(O)OC)O[C@H]1n1ccc(=O)[nH]c1=O. The molecule has 6 atom stereocenters. The van der Waals surface area contributed by atoms with Crippen LogP contribution in [0.4, 0.5) is 0 Å². The van der Waals surface area contributed by atoms with Gasteiger partial charge in [-0.05, 0) is 32.7 Å². The summed E-state index contributed by atoms with van der Waals surface area (Å²) in [6.07, 6.45) is -4.07. The third kappa shape index (κ3) is 6.86. The van der Waals surface area contributed by atoms with Gasteiger partial charge >= 0.3 is 20.0 Å². The molecule has 0 radical (unpaired) electrons. The maximum Gasteiger partial charge on any atom is 0.341 e. The number of ether oxygens (including phenoxy) is 2. The summed E-state index contributed by atoms with van der Waals surface area (Å²) >= 11 is 5.08. The molecule has 3 N–H and O–H groups in total. The van der Waals surface area contributed by atoms with Crippen LogP contribution in [0.25, 0.3) is 0 Å². The Hall–Kier alpha value is -0.760. The molecule has 1 aromatic heterocycles. The second kappa shape index (κ2) is 10.4. The summed E-state index contributed by atoms with van der Waals surface area (Å²) in [6.45, 7) is -0.464. The minimum absolute atomic E-state index is 0.445. The fourth-order valence-corrected chi connectivity index (χ4v) is 5.83. The van der Waals surface area contributed by atoms with Gasteiger partial charge in [0.2, 0.25) is 0 Å². The molecule has 1 saturated heterocycles. The predicted molar refractivity (Wildman–Crippen MR) is 113 cm³/mol. The minimum Gasteiger partial charge on any atom is -0.374 e. The summed E-state index contributed by atoms with van der Waals surface area (Å²) in [4.78, 5) is 47.5. The molecule has 0 aliphatic carbocycles. The van der Waals surface area contributed by atoms with E-state index in [2.05, 4.69) is 9.51 Å². The Morgan fingerprint density at radius 1 is 1.32 bits per heavy atom. The molecule has 1 aliphatic rings. The molecular formula is C15H27N3O10P2S. The molecule has 2 rings (SSSR count). The van der Waals surface area contributed by atoms with Crippen molar-refractivity contribution in [1.82, 2.24) is 14.5 Å². The number of hydrogen-bond acceptors (Lipinski definition) is 10. The number of nitrogens with one attached hydrogen (secondary N) is 1. The molecule has 31 heavy (non-hydrogen) atoms. The van der Waals surface area contributed by atoms with Crippen LogP contribution in [-0.4, -0.2) is 76.3 Å². The summed E-state index contributed by atoms with van der Waals surface area (Å²) in [5, 5.41) is 0. The highest BCUT2D eigenvalue weighted by molar-refractivity contribution is 8.07. The van der Waals surface area contributed by atoms with E-state index in [4.69, 9.17) is 30.3 Å². The molecule has 1 aromatic rings. The maximum absolute atomic E-state index is 12.3. The Morgan fingerprint density at radius 2 is 1.97 bits per heavy atom. The summed E-state index contributed by atoms with van der Waals surface area (Å²) in [5.41, 5.74) is -1.37. The molecule has 0 spiro atoms. The van der Waals surface area contributed by atoms with Crippen molar-refractivity contribution in [1.29, 1.82) is 0 Å². The van der Waals surface area contributed by atoms with E-state index in [0.717, 1.165) is 17.7 Å². The first-order chi connectivity index (χ1) is 14.3. The lowest BCUT2D eigenvalue weighted by molar-refractivity contribution is -0.0954. The second-order valence-electron chi connectivity index (χ2n) is 7.05. The highest BCUT2D eigenvalue weighted by Gasteiger charge is 2.51. The number of H-pyrrole nitrogens is 1. The fourth-order valence-electron chi connectivity index (χ4n) is 3.06. The van der Waals surface area contributed by atoms with E-state index in [-0.39, 0.29) is 0 Å². The van der Waals surface area contributed by atoms with Crippen molar-refractivity contribution in [2.24, 2.45) is 0 Å². The van der Waals surface area contributed by atoms with E-state index >= 15 is 0 Å². The lowest BCUT2D eigenvalue weighted by Crippen LogP contribution is -2.44. The zero-order valence-corrected chi connectivity index (χ0v) is 20.2. The zero-order chi connectivity index (χ0) is 23.6. The van der Waals surface area contributed by atoms with Gasteiger partial charge in [-0.2, -0.15) is 0 Å². The van der Waals surface area contributed by atoms with Crippen molar-refractivity contribution in [2.45, 2.75) is 44.6 Å². The highest BCUT2D eigenvalue weighted by Crippen LogP contribution is 2.51. The lowest BCUT2D eigenvalue weighted by Gasteiger charge is -2.32. The van der Waals surface area contributed by atoms with E-state index in [0.29, 0.717) is 0 Å². The number of nitrogens with zero attached hydrogens (tertiary/aromatic N) is 2. The maximum atomic E-state index is 12.3. The first kappa shape index (κ1) is 26.5. The Balaban J connectivity index is 2.46. The molecular weight excluding hydrogens is 476 g/mol. The molecule has 13 nitrogen and oxygen atoms in total. The van der Waals surface area contributed by atoms with Crippen molar-refractivity contribution in [3.05, 3.63) is 33.1 Å². The van der Waals surface area contributed by atoms with Crippen LogP contribution in [0.2, 0.25) is 0 Å². The van der Waals surface area contributed by atoms with Crippen LogP contribution in [0, 0.1) is 0 Å². The predicted octanol–water partition coefficient (Wildman–Crippen LogP) is 0.155. The zero-order valence-electron chi connectivity index (χ0n) is 17.6. The van der Waals surface area contributed by atoms with Gasteiger partial charge in [-0.25, -0.2) is 4.79 Å². The van der Waals surface area contributed by atoms with Crippen LogP contribution < -0.4 is 11.2 Å². The van der Waals surface area contributed by atoms with Gasteiger partial charge in [0.25, 0.3) is 5.56 Å². The standard InChI is InChI=1S/C15H27N3O10P2S/c1-9(2)27-30(23,31)28-12-11(24-4)14(18-7-6-10(19)16-15(18)20)26-13(12)17(3)8-29(21,22)25-5/h6-7,9,11-14H,8H2,1-5H3,(H,21,22)(H,23,31)(H,16,19,20)/t11?,12?,13-,14+,30?/m0/s1. The average molecular weight is 503 g/mol. The second-order valence-corrected chi connectivity index (χ2v) is 11.7. The van der Waals surface area contributed by atoms with Gasteiger partial charge in [-0.15, -0.1) is 0 Å². The van der Waals surface area contributed by atoms with E-state index in [9.17, 15) is 23.9 Å². The molecule has 16 heteroatoms. The number of likely N-dealkylation sites (N-methyl/N-ethyl adjacent to an activating group) is 1. The Kier molecular flexibility index (Phi) is 8.93. The molecule has 2 heterocycles. The fraction of sp³-hybridized carbons (Fsp3) is 0.733. The van der Waals surface area contributed by atoms with Crippen LogP contribution in [0.15, 0.2) is 21.9 Å². The van der Waals surface area contributed by atoms with E-state index in [1.807, 2.05) is 0 Å². The number of methoxy groups -OCH3 is 1. The summed E-state index contributed by atoms with van der Waals surface area (Å²) in [7, 11) is -0.127. The van der Waals surface area contributed by atoms with Gasteiger partial charge in [0.15, 0.2) is 6.23 Å². The van der Waals surface area contributed by atoms with E-state index < -0.39 is 62.6 Å². The monoisotopic (exact) mass is 503 g/mol. The molecule has 0 amide bonds. The molecule has 0 aromatic carbocycles. The van der Waals surface area contributed by atoms with Gasteiger partial charge in [-0.1, -0.05) is 0 Å². The van der Waals surface area contributed by atoms with Crippen molar-refractivity contribution in [3.63, 3.8) is 0 Å². The third-order valence-electron chi connectivity index (χ3n) is 4.28. The molecule has 0 saturated carbocycles. The Bertz CT molecular complexity index is 969. The summed E-state index contributed by atoms with van der Waals surface area (Å²) in [6, 6.07) is 1.12. The van der Waals surface area contributed by atoms with Gasteiger partial charge in [-0.3, -0.25) is 28.3 Å². The van der Waals surface area contributed by atoms with Crippen molar-refractivity contribution in [2.75, 3.05) is 27.6 Å². The van der Waals surface area contributed by atoms with Crippen molar-refractivity contribution >= 4 is 26.1 Å². The highest BCUT2D eigenvalue weighted by atomic mass is 32.5. The van der Waals surface area contributed by atoms with Crippen LogP contribution >= 0.6 is 14.3 Å². The number of hydrogen-bond donors (Lipinski definition) is 3. The Morgan fingerprint density at radius 3 is 2.48 bits per heavy atom. The molecule has 0 bridgehead atoms. The molecule has 1 aliphatic heterocycles. The molecule has 178 valence electrons. The van der Waals surface area contributed by atoms with Gasteiger partial charge < -0.3 is 28.3 Å². The van der Waals surface area contributed by atoms with Gasteiger partial charge in [0.1, 0.15) is 24.7 Å². The topological polar surface area (TPSA) is 162 Å². The summed E-state index contributed by atoms with van der Waals surface area (Å²) in [5.74, 6) is 0. The van der Waals surface area contributed by atoms with Crippen molar-refractivity contribution in [3.8, 4) is 0 Å². The smallest absolute Gasteiger partial charge is 0.341 e. The van der Waals surface area contributed by atoms with Crippen LogP contribution in [0.5, 0.6) is 0 Å². The third-order valence-corrected chi connectivity index (χ3v) is 7.37. The number of aromatic amines is 1. The van der Waals surface area contributed by atoms with Crippen LogP contribution in [0.1, 0.15) is 20.1 Å². The van der Waals surface area contributed by atoms with Crippen LogP contribution in [-0.2, 0) is 39.4 Å². The Labute approximate surface area is 183 Å². The van der Waals surface area contributed by atoms with Crippen LogP contribution in [0.3, 0.4) is 0 Å². The van der Waals surface area contributed by atoms with Gasteiger partial charge in [0, 0.05) is 26.5 Å². The van der Waals surface area contributed by atoms with E-state index in [1.165, 1.54) is 25.3 Å². The normalized spacial score (nSPS) is 28.0. The molecule has 1 fully saturated rings. The van der Waals surface area contributed by atoms with Crippen molar-refractivity contribution < 1.29 is 37.4 Å². The first-order valence-corrected chi connectivity index (χ1v) is 13.4. The van der Waals surface area contributed by atoms with Gasteiger partial charge in [0.05, 0.1) is 6.10 Å².